The zero-order chi connectivity index (χ0) is 15.5. The molecule has 6 nitrogen and oxygen atoms in total. The number of rotatable bonds is 3. The second kappa shape index (κ2) is 7.57. The lowest BCUT2D eigenvalue weighted by molar-refractivity contribution is 0.0617. The van der Waals surface area contributed by atoms with Crippen LogP contribution in [-0.2, 0) is 0 Å². The summed E-state index contributed by atoms with van der Waals surface area (Å²) < 4.78 is 1.63. The Hall–Kier alpha value is -1.92. The number of halogens is 1. The van der Waals surface area contributed by atoms with Gasteiger partial charge in [0.1, 0.15) is 0 Å². The third-order valence-electron chi connectivity index (χ3n) is 4.17. The molecule has 0 aliphatic carbocycles. The van der Waals surface area contributed by atoms with Crippen LogP contribution < -0.4 is 5.73 Å². The number of carbonyl (C=O) groups is 1. The third kappa shape index (κ3) is 3.71. The van der Waals surface area contributed by atoms with Crippen molar-refractivity contribution in [2.45, 2.75) is 32.2 Å². The highest BCUT2D eigenvalue weighted by Crippen LogP contribution is 2.18. The second-order valence-corrected chi connectivity index (χ2v) is 5.77. The van der Waals surface area contributed by atoms with Gasteiger partial charge in [0, 0.05) is 19.1 Å². The van der Waals surface area contributed by atoms with E-state index in [-0.39, 0.29) is 24.4 Å². The molecule has 0 saturated carbocycles. The molecule has 124 valence electrons. The van der Waals surface area contributed by atoms with E-state index < -0.39 is 0 Å². The van der Waals surface area contributed by atoms with Gasteiger partial charge in [-0.25, -0.2) is 4.68 Å². The minimum atomic E-state index is -0.0755. The van der Waals surface area contributed by atoms with Gasteiger partial charge in [0.15, 0.2) is 5.69 Å². The Bertz CT molecular complexity index is 655. The summed E-state index contributed by atoms with van der Waals surface area (Å²) in [5.41, 5.74) is 8.24. The summed E-state index contributed by atoms with van der Waals surface area (Å²) in [6.07, 6.45) is 4.81. The van der Waals surface area contributed by atoms with Crippen LogP contribution in [0.2, 0.25) is 0 Å². The van der Waals surface area contributed by atoms with Crippen molar-refractivity contribution in [3.05, 3.63) is 41.7 Å². The van der Waals surface area contributed by atoms with E-state index in [1.807, 2.05) is 36.1 Å². The lowest BCUT2D eigenvalue weighted by Gasteiger charge is -2.34. The standard InChI is InChI=1S/C16H21N5O.ClH/c1-12-5-7-13(8-6-12)21-11-15(18-19-21)16(22)20-9-3-2-4-14(20)10-17;/h5-8,11,14H,2-4,9-10,17H2,1H3;1H. The van der Waals surface area contributed by atoms with E-state index >= 15 is 0 Å². The molecule has 3 rings (SSSR count). The molecule has 1 unspecified atom stereocenters. The molecule has 1 aromatic heterocycles. The Labute approximate surface area is 142 Å². The van der Waals surface area contributed by atoms with Crippen molar-refractivity contribution in [3.8, 4) is 5.69 Å². The number of hydrogen-bond donors (Lipinski definition) is 1. The number of aryl methyl sites for hydroxylation is 1. The highest BCUT2D eigenvalue weighted by atomic mass is 35.5. The van der Waals surface area contributed by atoms with Gasteiger partial charge < -0.3 is 10.6 Å². The van der Waals surface area contributed by atoms with Gasteiger partial charge in [-0.1, -0.05) is 22.9 Å². The van der Waals surface area contributed by atoms with Gasteiger partial charge in [0.25, 0.3) is 5.91 Å². The van der Waals surface area contributed by atoms with E-state index in [0.717, 1.165) is 31.5 Å². The molecule has 1 atom stereocenters. The molecule has 2 aromatic rings. The van der Waals surface area contributed by atoms with Gasteiger partial charge in [-0.05, 0) is 38.3 Å². The van der Waals surface area contributed by atoms with Crippen LogP contribution in [0, 0.1) is 6.92 Å². The second-order valence-electron chi connectivity index (χ2n) is 5.77. The molecule has 1 fully saturated rings. The minimum Gasteiger partial charge on any atom is -0.333 e. The first-order valence-corrected chi connectivity index (χ1v) is 7.69. The highest BCUT2D eigenvalue weighted by Gasteiger charge is 2.28. The van der Waals surface area contributed by atoms with Crippen molar-refractivity contribution in [2.24, 2.45) is 5.73 Å². The average Bonchev–Trinajstić information content (AvgIpc) is 3.05. The number of benzene rings is 1. The van der Waals surface area contributed by atoms with E-state index in [0.29, 0.717) is 12.2 Å². The Kier molecular flexibility index (Phi) is 5.74. The molecular formula is C16H22ClN5O. The molecule has 0 spiro atoms. The summed E-state index contributed by atoms with van der Waals surface area (Å²) in [4.78, 5) is 14.5. The summed E-state index contributed by atoms with van der Waals surface area (Å²) in [5, 5.41) is 8.11. The number of hydrogen-bond acceptors (Lipinski definition) is 4. The number of amides is 1. The zero-order valence-electron chi connectivity index (χ0n) is 13.2. The van der Waals surface area contributed by atoms with Crippen molar-refractivity contribution in [1.29, 1.82) is 0 Å². The van der Waals surface area contributed by atoms with Crippen LogP contribution in [0.4, 0.5) is 0 Å². The molecule has 1 aliphatic heterocycles. The fraction of sp³-hybridized carbons (Fsp3) is 0.438. The summed E-state index contributed by atoms with van der Waals surface area (Å²) in [6.45, 7) is 3.28. The normalized spacial score (nSPS) is 17.7. The average molecular weight is 336 g/mol. The highest BCUT2D eigenvalue weighted by molar-refractivity contribution is 5.92. The molecule has 1 saturated heterocycles. The van der Waals surface area contributed by atoms with Gasteiger partial charge in [-0.2, -0.15) is 0 Å². The molecular weight excluding hydrogens is 314 g/mol. The molecule has 1 amide bonds. The maximum atomic E-state index is 12.6. The van der Waals surface area contributed by atoms with E-state index in [1.165, 1.54) is 5.56 Å². The fourth-order valence-electron chi connectivity index (χ4n) is 2.85. The quantitative estimate of drug-likeness (QED) is 0.930. The maximum Gasteiger partial charge on any atom is 0.276 e. The number of piperidine rings is 1. The number of aromatic nitrogens is 3. The van der Waals surface area contributed by atoms with Crippen molar-refractivity contribution in [3.63, 3.8) is 0 Å². The van der Waals surface area contributed by atoms with Gasteiger partial charge in [0.2, 0.25) is 0 Å². The molecule has 2 heterocycles. The lowest BCUT2D eigenvalue weighted by atomic mass is 10.0. The fourth-order valence-corrected chi connectivity index (χ4v) is 2.85. The number of nitrogens with zero attached hydrogens (tertiary/aromatic N) is 4. The third-order valence-corrected chi connectivity index (χ3v) is 4.17. The van der Waals surface area contributed by atoms with Crippen LogP contribution in [0.3, 0.4) is 0 Å². The van der Waals surface area contributed by atoms with Crippen LogP contribution in [0.1, 0.15) is 35.3 Å². The monoisotopic (exact) mass is 335 g/mol. The van der Waals surface area contributed by atoms with E-state index in [9.17, 15) is 4.79 Å². The molecule has 1 aliphatic rings. The first-order valence-electron chi connectivity index (χ1n) is 7.69. The Morgan fingerprint density at radius 3 is 2.74 bits per heavy atom. The van der Waals surface area contributed by atoms with E-state index in [1.54, 1.807) is 10.9 Å². The molecule has 1 aromatic carbocycles. The largest absolute Gasteiger partial charge is 0.333 e. The number of carbonyl (C=O) groups excluding carboxylic acids is 1. The molecule has 7 heteroatoms. The van der Waals surface area contributed by atoms with Crippen molar-refractivity contribution < 1.29 is 4.79 Å². The van der Waals surface area contributed by atoms with Crippen molar-refractivity contribution in [1.82, 2.24) is 19.9 Å². The van der Waals surface area contributed by atoms with Crippen molar-refractivity contribution in [2.75, 3.05) is 13.1 Å². The molecule has 23 heavy (non-hydrogen) atoms. The molecule has 2 N–H and O–H groups in total. The maximum absolute atomic E-state index is 12.6. The molecule has 0 bridgehead atoms. The van der Waals surface area contributed by atoms with Gasteiger partial charge >= 0.3 is 0 Å². The van der Waals surface area contributed by atoms with Crippen LogP contribution in [-0.4, -0.2) is 44.9 Å². The van der Waals surface area contributed by atoms with E-state index in [2.05, 4.69) is 10.3 Å². The van der Waals surface area contributed by atoms with Gasteiger partial charge in [-0.15, -0.1) is 17.5 Å². The Morgan fingerprint density at radius 1 is 1.30 bits per heavy atom. The van der Waals surface area contributed by atoms with Crippen molar-refractivity contribution >= 4 is 18.3 Å². The predicted molar refractivity (Wildman–Crippen MR) is 91.1 cm³/mol. The summed E-state index contributed by atoms with van der Waals surface area (Å²) in [5.74, 6) is -0.0755. The topological polar surface area (TPSA) is 77.0 Å². The minimum absolute atomic E-state index is 0. The zero-order valence-corrected chi connectivity index (χ0v) is 14.0. The van der Waals surface area contributed by atoms with Gasteiger partial charge in [0.05, 0.1) is 11.9 Å². The first kappa shape index (κ1) is 17.4. The Balaban J connectivity index is 0.00000192. The predicted octanol–water partition coefficient (Wildman–Crippen LogP) is 1.95. The molecule has 0 radical (unpaired) electrons. The summed E-state index contributed by atoms with van der Waals surface area (Å²) in [7, 11) is 0. The Morgan fingerprint density at radius 2 is 2.04 bits per heavy atom. The lowest BCUT2D eigenvalue weighted by Crippen LogP contribution is -2.47. The number of nitrogens with two attached hydrogens (primary N) is 1. The first-order chi connectivity index (χ1) is 10.7. The van der Waals surface area contributed by atoms with E-state index in [4.69, 9.17) is 5.73 Å². The summed E-state index contributed by atoms with van der Waals surface area (Å²) in [6, 6.07) is 8.05. The van der Waals surface area contributed by atoms with Crippen LogP contribution in [0.15, 0.2) is 30.5 Å². The SMILES string of the molecule is Cc1ccc(-n2cc(C(=O)N3CCCCC3CN)nn2)cc1.Cl. The van der Waals surface area contributed by atoms with Crippen LogP contribution in [0.25, 0.3) is 5.69 Å². The van der Waals surface area contributed by atoms with Gasteiger partial charge in [-0.3, -0.25) is 4.79 Å². The van der Waals surface area contributed by atoms with Crippen LogP contribution >= 0.6 is 12.4 Å². The number of likely N-dealkylation sites (tertiary alicyclic amines) is 1. The smallest absolute Gasteiger partial charge is 0.276 e. The summed E-state index contributed by atoms with van der Waals surface area (Å²) >= 11 is 0. The van der Waals surface area contributed by atoms with Crippen LogP contribution in [0.5, 0.6) is 0 Å².